The van der Waals surface area contributed by atoms with Crippen LogP contribution in [-0.4, -0.2) is 18.2 Å². The maximum absolute atomic E-state index is 12.1. The van der Waals surface area contributed by atoms with E-state index in [1.165, 1.54) is 6.08 Å². The molecule has 3 heteroatoms. The fraction of sp³-hybridized carbons (Fsp3) is 0.182. The Morgan fingerprint density at radius 3 is 2.44 bits per heavy atom. The lowest BCUT2D eigenvalue weighted by atomic mass is 9.91. The van der Waals surface area contributed by atoms with Gasteiger partial charge in [-0.15, -0.1) is 0 Å². The molecule has 0 radical (unpaired) electrons. The quantitative estimate of drug-likeness (QED) is 0.386. The van der Waals surface area contributed by atoms with Crippen molar-refractivity contribution in [1.82, 2.24) is 0 Å². The van der Waals surface area contributed by atoms with E-state index in [2.05, 4.69) is 19.1 Å². The van der Waals surface area contributed by atoms with Crippen LogP contribution in [0.4, 0.5) is 0 Å². The third-order valence-corrected chi connectivity index (χ3v) is 4.58. The number of carbonyl (C=O) groups excluding carboxylic acids is 2. The summed E-state index contributed by atoms with van der Waals surface area (Å²) in [6.45, 7) is 2.87. The van der Waals surface area contributed by atoms with E-state index >= 15 is 0 Å². The molecule has 0 spiro atoms. The topological polar surface area (TPSA) is 43.4 Å². The maximum Gasteiger partial charge on any atom is 0.233 e. The van der Waals surface area contributed by atoms with Gasteiger partial charge in [0.05, 0.1) is 6.61 Å². The van der Waals surface area contributed by atoms with E-state index in [0.717, 1.165) is 52.3 Å². The SMILES string of the molecule is CCCCOc1ccc2cc3cc4c(cc3cc2c1)C=CC(=O)C4=O. The van der Waals surface area contributed by atoms with Gasteiger partial charge < -0.3 is 4.74 Å². The highest BCUT2D eigenvalue weighted by Gasteiger charge is 2.21. The number of fused-ring (bicyclic) bond motifs is 3. The highest BCUT2D eigenvalue weighted by molar-refractivity contribution is 6.50. The third kappa shape index (κ3) is 2.82. The first kappa shape index (κ1) is 15.6. The molecule has 3 aromatic carbocycles. The number of allylic oxidation sites excluding steroid dienone is 1. The van der Waals surface area contributed by atoms with E-state index in [0.29, 0.717) is 5.56 Å². The van der Waals surface area contributed by atoms with E-state index in [1.807, 2.05) is 30.3 Å². The Kier molecular flexibility index (Phi) is 3.85. The Labute approximate surface area is 145 Å². The largest absolute Gasteiger partial charge is 0.494 e. The first-order chi connectivity index (χ1) is 12.2. The van der Waals surface area contributed by atoms with Gasteiger partial charge in [-0.05, 0) is 76.0 Å². The highest BCUT2D eigenvalue weighted by atomic mass is 16.5. The lowest BCUT2D eigenvalue weighted by molar-refractivity contribution is -0.110. The molecule has 0 amide bonds. The van der Waals surface area contributed by atoms with Crippen molar-refractivity contribution in [3.05, 3.63) is 59.7 Å². The van der Waals surface area contributed by atoms with E-state index in [4.69, 9.17) is 4.74 Å². The zero-order valence-electron chi connectivity index (χ0n) is 14.0. The van der Waals surface area contributed by atoms with Crippen molar-refractivity contribution in [2.75, 3.05) is 6.61 Å². The van der Waals surface area contributed by atoms with Crippen molar-refractivity contribution in [2.24, 2.45) is 0 Å². The molecule has 3 aromatic rings. The minimum Gasteiger partial charge on any atom is -0.494 e. The Morgan fingerprint density at radius 1 is 0.840 bits per heavy atom. The molecule has 1 aliphatic rings. The molecule has 0 fully saturated rings. The van der Waals surface area contributed by atoms with Crippen LogP contribution in [0.15, 0.2) is 48.5 Å². The van der Waals surface area contributed by atoms with E-state index in [-0.39, 0.29) is 0 Å². The first-order valence-electron chi connectivity index (χ1n) is 8.57. The summed E-state index contributed by atoms with van der Waals surface area (Å²) in [5, 5.41) is 4.19. The molecule has 3 nitrogen and oxygen atoms in total. The number of benzene rings is 3. The van der Waals surface area contributed by atoms with Crippen molar-refractivity contribution < 1.29 is 14.3 Å². The van der Waals surface area contributed by atoms with Crippen molar-refractivity contribution in [3.8, 4) is 5.75 Å². The smallest absolute Gasteiger partial charge is 0.233 e. The molecule has 0 aromatic heterocycles. The molecule has 0 N–H and O–H groups in total. The van der Waals surface area contributed by atoms with Gasteiger partial charge in [-0.25, -0.2) is 0 Å². The third-order valence-electron chi connectivity index (χ3n) is 4.58. The average Bonchev–Trinajstić information content (AvgIpc) is 2.62. The molecule has 0 unspecified atom stereocenters. The molecule has 4 rings (SSSR count). The van der Waals surface area contributed by atoms with Crippen molar-refractivity contribution in [2.45, 2.75) is 19.8 Å². The van der Waals surface area contributed by atoms with Crippen LogP contribution >= 0.6 is 0 Å². The molecule has 0 heterocycles. The highest BCUT2D eigenvalue weighted by Crippen LogP contribution is 2.30. The number of ether oxygens (including phenoxy) is 1. The standard InChI is InChI=1S/C22H18O3/c1-2-3-8-25-19-6-4-14-9-18-13-20-15(5-7-21(23)22(20)24)10-16(18)11-17(14)12-19/h4-7,9-13H,2-3,8H2,1H3. The molecular formula is C22H18O3. The number of rotatable bonds is 4. The number of Topliss-reactive ketones (excluding diaryl/α,β-unsaturated/α-hetero) is 1. The zero-order valence-corrected chi connectivity index (χ0v) is 14.0. The molecular weight excluding hydrogens is 312 g/mol. The van der Waals surface area contributed by atoms with Gasteiger partial charge in [0.25, 0.3) is 0 Å². The van der Waals surface area contributed by atoms with Gasteiger partial charge >= 0.3 is 0 Å². The summed E-state index contributed by atoms with van der Waals surface area (Å²) in [6, 6.07) is 14.0. The summed E-state index contributed by atoms with van der Waals surface area (Å²) in [6.07, 6.45) is 5.21. The van der Waals surface area contributed by atoms with Crippen molar-refractivity contribution in [3.63, 3.8) is 0 Å². The van der Waals surface area contributed by atoms with Crippen LogP contribution in [-0.2, 0) is 4.79 Å². The molecule has 0 saturated carbocycles. The second-order valence-electron chi connectivity index (χ2n) is 6.38. The van der Waals surface area contributed by atoms with Gasteiger partial charge in [0, 0.05) is 5.56 Å². The summed E-state index contributed by atoms with van der Waals surface area (Å²) in [4.78, 5) is 23.7. The minimum atomic E-state index is -0.457. The van der Waals surface area contributed by atoms with Crippen LogP contribution in [0.25, 0.3) is 27.6 Å². The van der Waals surface area contributed by atoms with Gasteiger partial charge in [-0.3, -0.25) is 9.59 Å². The van der Waals surface area contributed by atoms with E-state index in [1.54, 1.807) is 6.08 Å². The van der Waals surface area contributed by atoms with Crippen LogP contribution in [0.1, 0.15) is 35.7 Å². The van der Waals surface area contributed by atoms with Crippen LogP contribution in [0.3, 0.4) is 0 Å². The van der Waals surface area contributed by atoms with E-state index in [9.17, 15) is 9.59 Å². The minimum absolute atomic E-state index is 0.431. The predicted octanol–water partition coefficient (Wildman–Crippen LogP) is 4.95. The molecule has 0 atom stereocenters. The lowest BCUT2D eigenvalue weighted by Crippen LogP contribution is -2.15. The Balaban J connectivity index is 1.80. The monoisotopic (exact) mass is 330 g/mol. The molecule has 0 bridgehead atoms. The van der Waals surface area contributed by atoms with Gasteiger partial charge in [-0.1, -0.05) is 25.5 Å². The molecule has 25 heavy (non-hydrogen) atoms. The number of carbonyl (C=O) groups is 2. The number of unbranched alkanes of at least 4 members (excludes halogenated alkanes) is 1. The second kappa shape index (κ2) is 6.17. The summed E-state index contributed by atoms with van der Waals surface area (Å²) in [5.74, 6) is -0.0143. The molecule has 124 valence electrons. The van der Waals surface area contributed by atoms with Crippen LogP contribution in [0.2, 0.25) is 0 Å². The number of ketones is 2. The molecule has 0 aliphatic heterocycles. The Bertz CT molecular complexity index is 1040. The van der Waals surface area contributed by atoms with Gasteiger partial charge in [0.1, 0.15) is 5.75 Å². The maximum atomic E-state index is 12.1. The van der Waals surface area contributed by atoms with Gasteiger partial charge in [0.2, 0.25) is 11.6 Å². The fourth-order valence-corrected chi connectivity index (χ4v) is 3.18. The summed E-state index contributed by atoms with van der Waals surface area (Å²) in [5.41, 5.74) is 1.28. The Hall–Kier alpha value is -2.94. The van der Waals surface area contributed by atoms with Crippen molar-refractivity contribution in [1.29, 1.82) is 0 Å². The zero-order chi connectivity index (χ0) is 17.4. The molecule has 1 aliphatic carbocycles. The average molecular weight is 330 g/mol. The number of hydrogen-bond acceptors (Lipinski definition) is 3. The van der Waals surface area contributed by atoms with Crippen LogP contribution in [0, 0.1) is 0 Å². The van der Waals surface area contributed by atoms with Gasteiger partial charge in [-0.2, -0.15) is 0 Å². The van der Waals surface area contributed by atoms with Crippen molar-refractivity contribution >= 4 is 39.2 Å². The number of hydrogen-bond donors (Lipinski definition) is 0. The fourth-order valence-electron chi connectivity index (χ4n) is 3.18. The summed E-state index contributed by atoms with van der Waals surface area (Å²) in [7, 11) is 0. The summed E-state index contributed by atoms with van der Waals surface area (Å²) >= 11 is 0. The summed E-state index contributed by atoms with van der Waals surface area (Å²) < 4.78 is 5.79. The van der Waals surface area contributed by atoms with Crippen LogP contribution < -0.4 is 4.74 Å². The van der Waals surface area contributed by atoms with Crippen LogP contribution in [0.5, 0.6) is 5.75 Å². The predicted molar refractivity (Wildman–Crippen MR) is 100 cm³/mol. The first-order valence-corrected chi connectivity index (χ1v) is 8.57. The molecule has 0 saturated heterocycles. The van der Waals surface area contributed by atoms with E-state index < -0.39 is 11.6 Å². The Morgan fingerprint density at radius 2 is 1.60 bits per heavy atom. The normalized spacial score (nSPS) is 13.5. The van der Waals surface area contributed by atoms with Gasteiger partial charge in [0.15, 0.2) is 0 Å². The second-order valence-corrected chi connectivity index (χ2v) is 6.38. The lowest BCUT2D eigenvalue weighted by Gasteiger charge is -2.12.